The molecule has 0 aliphatic carbocycles. The molecule has 1 aromatic carbocycles. The molecule has 114 valence electrons. The minimum absolute atomic E-state index is 0.0553. The van der Waals surface area contributed by atoms with Crippen LogP contribution in [0.25, 0.3) is 0 Å². The van der Waals surface area contributed by atoms with E-state index in [-0.39, 0.29) is 12.7 Å². The van der Waals surface area contributed by atoms with Crippen LogP contribution in [0.4, 0.5) is 0 Å². The maximum Gasteiger partial charge on any atom is 0.254 e. The van der Waals surface area contributed by atoms with E-state index in [1.54, 1.807) is 25.3 Å². The lowest BCUT2D eigenvalue weighted by Gasteiger charge is -2.34. The van der Waals surface area contributed by atoms with E-state index in [0.717, 1.165) is 39.3 Å². The van der Waals surface area contributed by atoms with Crippen LogP contribution in [0.3, 0.4) is 0 Å². The quantitative estimate of drug-likeness (QED) is 0.822. The maximum atomic E-state index is 12.5. The molecule has 0 atom stereocenters. The summed E-state index contributed by atoms with van der Waals surface area (Å²) in [5, 5.41) is 0. The summed E-state index contributed by atoms with van der Waals surface area (Å²) in [5.41, 5.74) is 0.657. The summed E-state index contributed by atoms with van der Waals surface area (Å²) in [4.78, 5) is 16.7. The Bertz CT molecular complexity index is 512. The minimum Gasteiger partial charge on any atom is -0.454 e. The highest BCUT2D eigenvalue weighted by Crippen LogP contribution is 2.32. The molecule has 3 rings (SSSR count). The first-order valence-corrected chi connectivity index (χ1v) is 7.18. The van der Waals surface area contributed by atoms with Gasteiger partial charge in [-0.15, -0.1) is 0 Å². The van der Waals surface area contributed by atoms with Crippen LogP contribution < -0.4 is 9.47 Å². The summed E-state index contributed by atoms with van der Waals surface area (Å²) in [6.45, 7) is 5.15. The van der Waals surface area contributed by atoms with Crippen molar-refractivity contribution in [1.82, 2.24) is 9.80 Å². The molecule has 2 aliphatic rings. The Balaban J connectivity index is 1.59. The van der Waals surface area contributed by atoms with Gasteiger partial charge in [-0.25, -0.2) is 0 Å². The van der Waals surface area contributed by atoms with Gasteiger partial charge in [-0.3, -0.25) is 9.69 Å². The maximum absolute atomic E-state index is 12.5. The van der Waals surface area contributed by atoms with Crippen LogP contribution in [0.2, 0.25) is 0 Å². The van der Waals surface area contributed by atoms with Crippen LogP contribution in [-0.2, 0) is 4.74 Å². The summed E-state index contributed by atoms with van der Waals surface area (Å²) in [6, 6.07) is 5.36. The molecule has 2 aliphatic heterocycles. The van der Waals surface area contributed by atoms with E-state index >= 15 is 0 Å². The van der Waals surface area contributed by atoms with Gasteiger partial charge in [0, 0.05) is 45.4 Å². The number of methoxy groups -OCH3 is 1. The molecule has 0 radical (unpaired) electrons. The summed E-state index contributed by atoms with van der Waals surface area (Å²) in [5.74, 6) is 1.41. The Morgan fingerprint density at radius 3 is 2.71 bits per heavy atom. The van der Waals surface area contributed by atoms with Crippen molar-refractivity contribution < 1.29 is 19.0 Å². The van der Waals surface area contributed by atoms with Crippen LogP contribution in [0, 0.1) is 0 Å². The predicted molar refractivity (Wildman–Crippen MR) is 76.8 cm³/mol. The third-order valence-corrected chi connectivity index (χ3v) is 3.89. The summed E-state index contributed by atoms with van der Waals surface area (Å²) < 4.78 is 15.7. The number of rotatable bonds is 4. The molecule has 0 spiro atoms. The smallest absolute Gasteiger partial charge is 0.254 e. The number of piperazine rings is 1. The monoisotopic (exact) mass is 292 g/mol. The van der Waals surface area contributed by atoms with Gasteiger partial charge in [0.2, 0.25) is 6.79 Å². The number of nitrogens with zero attached hydrogens (tertiary/aromatic N) is 2. The molecule has 1 aromatic rings. The van der Waals surface area contributed by atoms with Crippen molar-refractivity contribution in [1.29, 1.82) is 0 Å². The highest BCUT2D eigenvalue weighted by molar-refractivity contribution is 5.95. The Morgan fingerprint density at radius 2 is 1.95 bits per heavy atom. The second-order valence-electron chi connectivity index (χ2n) is 5.19. The largest absolute Gasteiger partial charge is 0.454 e. The molecule has 0 bridgehead atoms. The number of amides is 1. The average Bonchev–Trinajstić information content (AvgIpc) is 3.00. The molecule has 2 heterocycles. The van der Waals surface area contributed by atoms with Gasteiger partial charge < -0.3 is 19.1 Å². The molecule has 6 nitrogen and oxygen atoms in total. The first-order valence-electron chi connectivity index (χ1n) is 7.18. The zero-order valence-corrected chi connectivity index (χ0v) is 12.2. The number of fused-ring (bicyclic) bond motifs is 1. The molecule has 1 saturated heterocycles. The third kappa shape index (κ3) is 3.11. The van der Waals surface area contributed by atoms with E-state index in [1.807, 2.05) is 4.90 Å². The van der Waals surface area contributed by atoms with E-state index in [2.05, 4.69) is 4.90 Å². The normalized spacial score (nSPS) is 18.0. The molecule has 1 fully saturated rings. The lowest BCUT2D eigenvalue weighted by molar-refractivity contribution is 0.0594. The number of carbonyl (C=O) groups excluding carboxylic acids is 1. The number of hydrogen-bond acceptors (Lipinski definition) is 5. The SMILES string of the molecule is COCCN1CCN(C(=O)c2ccc3c(c2)OCO3)CC1. The van der Waals surface area contributed by atoms with Crippen LogP contribution in [0.15, 0.2) is 18.2 Å². The van der Waals surface area contributed by atoms with Crippen LogP contribution in [-0.4, -0.2) is 68.9 Å². The van der Waals surface area contributed by atoms with Crippen LogP contribution in [0.5, 0.6) is 11.5 Å². The van der Waals surface area contributed by atoms with Crippen molar-refractivity contribution in [3.05, 3.63) is 23.8 Å². The first kappa shape index (κ1) is 14.2. The van der Waals surface area contributed by atoms with Crippen molar-refractivity contribution in [3.8, 4) is 11.5 Å². The molecule has 0 saturated carbocycles. The van der Waals surface area contributed by atoms with E-state index in [0.29, 0.717) is 17.1 Å². The second kappa shape index (κ2) is 6.32. The van der Waals surface area contributed by atoms with E-state index in [9.17, 15) is 4.79 Å². The fourth-order valence-corrected chi connectivity index (χ4v) is 2.61. The van der Waals surface area contributed by atoms with Crippen LogP contribution >= 0.6 is 0 Å². The van der Waals surface area contributed by atoms with Crippen molar-refractivity contribution in [3.63, 3.8) is 0 Å². The molecule has 0 unspecified atom stereocenters. The summed E-state index contributed by atoms with van der Waals surface area (Å²) in [6.07, 6.45) is 0. The van der Waals surface area contributed by atoms with Crippen LogP contribution in [0.1, 0.15) is 10.4 Å². The molecular weight excluding hydrogens is 272 g/mol. The summed E-state index contributed by atoms with van der Waals surface area (Å²) in [7, 11) is 1.71. The van der Waals surface area contributed by atoms with Gasteiger partial charge in [0.25, 0.3) is 5.91 Å². The molecule has 21 heavy (non-hydrogen) atoms. The van der Waals surface area contributed by atoms with Gasteiger partial charge in [-0.2, -0.15) is 0 Å². The lowest BCUT2D eigenvalue weighted by atomic mass is 10.1. The molecule has 6 heteroatoms. The average molecular weight is 292 g/mol. The van der Waals surface area contributed by atoms with Gasteiger partial charge in [-0.05, 0) is 18.2 Å². The minimum atomic E-state index is 0.0553. The van der Waals surface area contributed by atoms with E-state index < -0.39 is 0 Å². The van der Waals surface area contributed by atoms with Gasteiger partial charge >= 0.3 is 0 Å². The van der Waals surface area contributed by atoms with Crippen molar-refractivity contribution in [2.24, 2.45) is 0 Å². The Labute approximate surface area is 124 Å². The van der Waals surface area contributed by atoms with Gasteiger partial charge in [-0.1, -0.05) is 0 Å². The molecule has 0 N–H and O–H groups in total. The standard InChI is InChI=1S/C15H20N2O4/c1-19-9-8-16-4-6-17(7-5-16)15(18)12-2-3-13-14(10-12)21-11-20-13/h2-3,10H,4-9,11H2,1H3. The van der Waals surface area contributed by atoms with Gasteiger partial charge in [0.15, 0.2) is 11.5 Å². The predicted octanol–water partition coefficient (Wildman–Crippen LogP) is 0.819. The summed E-state index contributed by atoms with van der Waals surface area (Å²) >= 11 is 0. The Hall–Kier alpha value is -1.79. The highest BCUT2D eigenvalue weighted by atomic mass is 16.7. The molecule has 1 amide bonds. The fourth-order valence-electron chi connectivity index (χ4n) is 2.61. The second-order valence-corrected chi connectivity index (χ2v) is 5.19. The zero-order valence-electron chi connectivity index (χ0n) is 12.2. The van der Waals surface area contributed by atoms with Crippen molar-refractivity contribution in [2.45, 2.75) is 0 Å². The third-order valence-electron chi connectivity index (χ3n) is 3.89. The fraction of sp³-hybridized carbons (Fsp3) is 0.533. The van der Waals surface area contributed by atoms with E-state index in [1.165, 1.54) is 0 Å². The molecule has 0 aromatic heterocycles. The first-order chi connectivity index (χ1) is 10.3. The zero-order chi connectivity index (χ0) is 14.7. The highest BCUT2D eigenvalue weighted by Gasteiger charge is 2.23. The van der Waals surface area contributed by atoms with Gasteiger partial charge in [0.1, 0.15) is 0 Å². The van der Waals surface area contributed by atoms with Crippen molar-refractivity contribution in [2.75, 3.05) is 53.2 Å². The Kier molecular flexibility index (Phi) is 4.26. The Morgan fingerprint density at radius 1 is 1.19 bits per heavy atom. The topological polar surface area (TPSA) is 51.2 Å². The molecular formula is C15H20N2O4. The number of ether oxygens (including phenoxy) is 3. The number of carbonyl (C=O) groups is 1. The van der Waals surface area contributed by atoms with Gasteiger partial charge in [0.05, 0.1) is 6.61 Å². The number of benzene rings is 1. The van der Waals surface area contributed by atoms with E-state index in [4.69, 9.17) is 14.2 Å². The van der Waals surface area contributed by atoms with Crippen molar-refractivity contribution >= 4 is 5.91 Å². The number of hydrogen-bond donors (Lipinski definition) is 0. The lowest BCUT2D eigenvalue weighted by Crippen LogP contribution is -2.49.